The summed E-state index contributed by atoms with van der Waals surface area (Å²) in [5, 5.41) is 3.15. The van der Waals surface area contributed by atoms with Gasteiger partial charge in [-0.2, -0.15) is 0 Å². The Labute approximate surface area is 128 Å². The molecule has 2 unspecified atom stereocenters. The molecule has 0 aliphatic carbocycles. The van der Waals surface area contributed by atoms with Crippen molar-refractivity contribution in [1.29, 1.82) is 0 Å². The molecule has 118 valence electrons. The van der Waals surface area contributed by atoms with Gasteiger partial charge in [-0.1, -0.05) is 19.1 Å². The first-order valence-corrected chi connectivity index (χ1v) is 7.95. The minimum atomic E-state index is 0.327. The highest BCUT2D eigenvalue weighted by Gasteiger charge is 2.24. The zero-order chi connectivity index (χ0) is 15.1. The summed E-state index contributed by atoms with van der Waals surface area (Å²) >= 11 is 0. The Kier molecular flexibility index (Phi) is 6.49. The molecule has 1 N–H and O–H groups in total. The van der Waals surface area contributed by atoms with Crippen LogP contribution in [0.5, 0.6) is 5.75 Å². The van der Waals surface area contributed by atoms with Gasteiger partial charge in [0.15, 0.2) is 0 Å². The van der Waals surface area contributed by atoms with Gasteiger partial charge < -0.3 is 14.8 Å². The molecular formula is C17H28N2O2. The predicted molar refractivity (Wildman–Crippen MR) is 85.8 cm³/mol. The first kappa shape index (κ1) is 16.3. The van der Waals surface area contributed by atoms with Crippen LogP contribution in [-0.4, -0.2) is 50.4 Å². The standard InChI is InChI=1S/C17H28N2O2/c1-4-16-13-21-14(2)12-19(16)9-10-20-17-7-5-15(6-8-17)11-18-3/h5-8,14,16,18H,4,9-13H2,1-3H3. The second kappa shape index (κ2) is 8.37. The molecule has 4 heteroatoms. The summed E-state index contributed by atoms with van der Waals surface area (Å²) in [5.41, 5.74) is 1.28. The van der Waals surface area contributed by atoms with E-state index in [0.717, 1.165) is 45.0 Å². The fourth-order valence-corrected chi connectivity index (χ4v) is 2.75. The van der Waals surface area contributed by atoms with Gasteiger partial charge in [-0.15, -0.1) is 0 Å². The maximum absolute atomic E-state index is 5.87. The van der Waals surface area contributed by atoms with E-state index >= 15 is 0 Å². The monoisotopic (exact) mass is 292 g/mol. The summed E-state index contributed by atoms with van der Waals surface area (Å²) in [5.74, 6) is 0.948. The summed E-state index contributed by atoms with van der Waals surface area (Å²) in [6.45, 7) is 8.79. The van der Waals surface area contributed by atoms with Crippen molar-refractivity contribution >= 4 is 0 Å². The van der Waals surface area contributed by atoms with Gasteiger partial charge in [-0.25, -0.2) is 0 Å². The Morgan fingerprint density at radius 1 is 1.33 bits per heavy atom. The molecule has 0 bridgehead atoms. The van der Waals surface area contributed by atoms with Crippen molar-refractivity contribution in [2.75, 3.05) is 33.4 Å². The van der Waals surface area contributed by atoms with Crippen LogP contribution in [0.25, 0.3) is 0 Å². The van der Waals surface area contributed by atoms with E-state index in [4.69, 9.17) is 9.47 Å². The number of morpholine rings is 1. The molecule has 21 heavy (non-hydrogen) atoms. The second-order valence-corrected chi connectivity index (χ2v) is 5.72. The molecule has 1 aromatic rings. The Bertz CT molecular complexity index is 408. The van der Waals surface area contributed by atoms with E-state index in [2.05, 4.69) is 36.2 Å². The number of nitrogens with zero attached hydrogens (tertiary/aromatic N) is 1. The molecule has 4 nitrogen and oxygen atoms in total. The van der Waals surface area contributed by atoms with Crippen LogP contribution in [0.2, 0.25) is 0 Å². The zero-order valence-electron chi connectivity index (χ0n) is 13.5. The van der Waals surface area contributed by atoms with Gasteiger partial charge in [0, 0.05) is 25.7 Å². The SMILES string of the molecule is CCC1COC(C)CN1CCOc1ccc(CNC)cc1. The zero-order valence-corrected chi connectivity index (χ0v) is 13.5. The van der Waals surface area contributed by atoms with Gasteiger partial charge in [-0.3, -0.25) is 4.90 Å². The molecule has 0 spiro atoms. The summed E-state index contributed by atoms with van der Waals surface area (Å²) < 4.78 is 11.6. The molecule has 1 saturated heterocycles. The number of ether oxygens (including phenoxy) is 2. The van der Waals surface area contributed by atoms with Gasteiger partial charge in [0.1, 0.15) is 12.4 Å². The average Bonchev–Trinajstić information content (AvgIpc) is 2.50. The molecule has 1 heterocycles. The highest BCUT2D eigenvalue weighted by atomic mass is 16.5. The number of hydrogen-bond acceptors (Lipinski definition) is 4. The van der Waals surface area contributed by atoms with Crippen molar-refractivity contribution in [3.8, 4) is 5.75 Å². The minimum absolute atomic E-state index is 0.327. The lowest BCUT2D eigenvalue weighted by atomic mass is 10.1. The molecule has 1 aliphatic rings. The van der Waals surface area contributed by atoms with E-state index in [1.807, 2.05) is 19.2 Å². The molecular weight excluding hydrogens is 264 g/mol. The largest absolute Gasteiger partial charge is 0.492 e. The maximum Gasteiger partial charge on any atom is 0.119 e. The van der Waals surface area contributed by atoms with Crippen LogP contribution < -0.4 is 10.1 Å². The molecule has 1 fully saturated rings. The van der Waals surface area contributed by atoms with Crippen LogP contribution in [-0.2, 0) is 11.3 Å². The van der Waals surface area contributed by atoms with Crippen LogP contribution >= 0.6 is 0 Å². The van der Waals surface area contributed by atoms with E-state index in [-0.39, 0.29) is 0 Å². The van der Waals surface area contributed by atoms with Crippen LogP contribution in [0.1, 0.15) is 25.8 Å². The van der Waals surface area contributed by atoms with Gasteiger partial charge >= 0.3 is 0 Å². The van der Waals surface area contributed by atoms with Crippen LogP contribution in [0.3, 0.4) is 0 Å². The van der Waals surface area contributed by atoms with Crippen LogP contribution in [0, 0.1) is 0 Å². The molecule has 1 aromatic carbocycles. The summed E-state index contributed by atoms with van der Waals surface area (Å²) in [7, 11) is 1.96. The number of hydrogen-bond donors (Lipinski definition) is 1. The Balaban J connectivity index is 1.77. The predicted octanol–water partition coefficient (Wildman–Crippen LogP) is 2.28. The summed E-state index contributed by atoms with van der Waals surface area (Å²) in [6, 6.07) is 8.84. The lowest BCUT2D eigenvalue weighted by molar-refractivity contribution is -0.0586. The fraction of sp³-hybridized carbons (Fsp3) is 0.647. The van der Waals surface area contributed by atoms with Crippen molar-refractivity contribution in [2.45, 2.75) is 39.0 Å². The topological polar surface area (TPSA) is 33.7 Å². The lowest BCUT2D eigenvalue weighted by Crippen LogP contribution is -2.49. The van der Waals surface area contributed by atoms with E-state index in [1.54, 1.807) is 0 Å². The quantitative estimate of drug-likeness (QED) is 0.836. The van der Waals surface area contributed by atoms with E-state index in [0.29, 0.717) is 12.1 Å². The van der Waals surface area contributed by atoms with Gasteiger partial charge in [0.2, 0.25) is 0 Å². The van der Waals surface area contributed by atoms with Crippen LogP contribution in [0.4, 0.5) is 0 Å². The fourth-order valence-electron chi connectivity index (χ4n) is 2.75. The molecule has 2 rings (SSSR count). The van der Waals surface area contributed by atoms with Crippen LogP contribution in [0.15, 0.2) is 24.3 Å². The Morgan fingerprint density at radius 3 is 2.76 bits per heavy atom. The Morgan fingerprint density at radius 2 is 2.10 bits per heavy atom. The second-order valence-electron chi connectivity index (χ2n) is 5.72. The highest BCUT2D eigenvalue weighted by Crippen LogP contribution is 2.15. The van der Waals surface area contributed by atoms with Gasteiger partial charge in [0.25, 0.3) is 0 Å². The maximum atomic E-state index is 5.87. The first-order valence-electron chi connectivity index (χ1n) is 7.95. The summed E-state index contributed by atoms with van der Waals surface area (Å²) in [6.07, 6.45) is 1.46. The molecule has 0 amide bonds. The molecule has 0 saturated carbocycles. The first-order chi connectivity index (χ1) is 10.2. The normalized spacial score (nSPS) is 23.2. The molecule has 2 atom stereocenters. The van der Waals surface area contributed by atoms with E-state index in [9.17, 15) is 0 Å². The van der Waals surface area contributed by atoms with Crippen molar-refractivity contribution in [2.24, 2.45) is 0 Å². The third-order valence-electron chi connectivity index (χ3n) is 4.00. The van der Waals surface area contributed by atoms with E-state index < -0.39 is 0 Å². The third-order valence-corrected chi connectivity index (χ3v) is 4.00. The minimum Gasteiger partial charge on any atom is -0.492 e. The van der Waals surface area contributed by atoms with Gasteiger partial charge in [-0.05, 0) is 38.1 Å². The smallest absolute Gasteiger partial charge is 0.119 e. The molecule has 0 radical (unpaired) electrons. The Hall–Kier alpha value is -1.10. The highest BCUT2D eigenvalue weighted by molar-refractivity contribution is 5.27. The summed E-state index contributed by atoms with van der Waals surface area (Å²) in [4.78, 5) is 2.49. The number of nitrogens with one attached hydrogen (secondary N) is 1. The average molecular weight is 292 g/mol. The van der Waals surface area contributed by atoms with Crippen molar-refractivity contribution in [3.05, 3.63) is 29.8 Å². The van der Waals surface area contributed by atoms with E-state index in [1.165, 1.54) is 5.56 Å². The molecule has 0 aromatic heterocycles. The van der Waals surface area contributed by atoms with Crippen molar-refractivity contribution in [1.82, 2.24) is 10.2 Å². The number of benzene rings is 1. The number of rotatable bonds is 7. The van der Waals surface area contributed by atoms with Crippen molar-refractivity contribution in [3.63, 3.8) is 0 Å². The van der Waals surface area contributed by atoms with Gasteiger partial charge in [0.05, 0.1) is 12.7 Å². The molecule has 1 aliphatic heterocycles. The lowest BCUT2D eigenvalue weighted by Gasteiger charge is -2.38. The third kappa shape index (κ3) is 4.99. The van der Waals surface area contributed by atoms with Crippen molar-refractivity contribution < 1.29 is 9.47 Å².